The van der Waals surface area contributed by atoms with E-state index in [9.17, 15) is 14.4 Å². The van der Waals surface area contributed by atoms with Gasteiger partial charge < -0.3 is 19.5 Å². The molecule has 1 spiro atoms. The molecule has 0 amide bonds. The Morgan fingerprint density at radius 3 is 2.50 bits per heavy atom. The number of allylic oxidation sites excluding steroid dienone is 1. The molecule has 2 aromatic rings. The highest BCUT2D eigenvalue weighted by molar-refractivity contribution is 6.36. The molecule has 166 valence electrons. The maximum absolute atomic E-state index is 13.5. The van der Waals surface area contributed by atoms with Crippen LogP contribution in [0, 0.1) is 5.92 Å². The summed E-state index contributed by atoms with van der Waals surface area (Å²) in [5, 5.41) is 3.13. The van der Waals surface area contributed by atoms with Gasteiger partial charge in [-0.3, -0.25) is 14.4 Å². The molecule has 2 atom stereocenters. The lowest BCUT2D eigenvalue weighted by atomic mass is 9.74. The van der Waals surface area contributed by atoms with E-state index in [1.54, 1.807) is 31.2 Å². The highest BCUT2D eigenvalue weighted by Crippen LogP contribution is 2.52. The fourth-order valence-corrected chi connectivity index (χ4v) is 4.44. The Balaban J connectivity index is 1.61. The molecule has 4 rings (SSSR count). The van der Waals surface area contributed by atoms with Gasteiger partial charge in [-0.05, 0) is 6.42 Å². The summed E-state index contributed by atoms with van der Waals surface area (Å²) < 4.78 is 16.6. The number of methoxy groups -OCH3 is 2. The summed E-state index contributed by atoms with van der Waals surface area (Å²) in [6.45, 7) is 1.79. The van der Waals surface area contributed by atoms with Crippen molar-refractivity contribution in [3.63, 3.8) is 0 Å². The van der Waals surface area contributed by atoms with Crippen LogP contribution in [0.2, 0.25) is 5.02 Å². The van der Waals surface area contributed by atoms with E-state index in [1.807, 2.05) is 6.07 Å². The number of hydrogen-bond donors (Lipinski definition) is 1. The summed E-state index contributed by atoms with van der Waals surface area (Å²) in [4.78, 5) is 39.1. The number of carbonyl (C=O) groups excluding carboxylic acids is 3. The highest BCUT2D eigenvalue weighted by atomic mass is 35.5. The van der Waals surface area contributed by atoms with E-state index < -0.39 is 23.1 Å². The molecule has 2 aromatic carbocycles. The van der Waals surface area contributed by atoms with Gasteiger partial charge in [-0.1, -0.05) is 48.9 Å². The van der Waals surface area contributed by atoms with Crippen LogP contribution in [-0.4, -0.2) is 43.7 Å². The van der Waals surface area contributed by atoms with Crippen LogP contribution in [0.5, 0.6) is 17.2 Å². The standard InChI is InChI=1S/C24H22ClNO6/c1-13-9-15(26-12-16(27)14-7-5-4-6-8-14)10-19(28)24(13)23(29)20-17(30-2)11-18(31-3)21(25)22(20)32-24/h4-8,10-11,13,26H,9,12H2,1-3H3/t13-,24+/m1/s1. The fourth-order valence-electron chi connectivity index (χ4n) is 4.17. The van der Waals surface area contributed by atoms with Gasteiger partial charge in [-0.25, -0.2) is 0 Å². The Hall–Kier alpha value is -3.32. The van der Waals surface area contributed by atoms with E-state index in [0.717, 1.165) is 0 Å². The van der Waals surface area contributed by atoms with Crippen molar-refractivity contribution in [2.24, 2.45) is 5.92 Å². The number of ketones is 3. The predicted molar refractivity (Wildman–Crippen MR) is 118 cm³/mol. The van der Waals surface area contributed by atoms with Crippen molar-refractivity contribution in [3.8, 4) is 17.2 Å². The smallest absolute Gasteiger partial charge is 0.236 e. The van der Waals surface area contributed by atoms with Gasteiger partial charge in [0.15, 0.2) is 11.5 Å². The molecule has 0 saturated carbocycles. The first-order valence-corrected chi connectivity index (χ1v) is 10.5. The van der Waals surface area contributed by atoms with Crippen LogP contribution in [0.15, 0.2) is 48.2 Å². The van der Waals surface area contributed by atoms with Crippen molar-refractivity contribution < 1.29 is 28.6 Å². The first-order valence-electron chi connectivity index (χ1n) is 10.1. The van der Waals surface area contributed by atoms with Gasteiger partial charge in [0, 0.05) is 29.3 Å². The lowest BCUT2D eigenvalue weighted by Gasteiger charge is -2.35. The average molecular weight is 456 g/mol. The Bertz CT molecular complexity index is 1140. The molecule has 7 nitrogen and oxygen atoms in total. The molecule has 2 aliphatic rings. The van der Waals surface area contributed by atoms with E-state index in [4.69, 9.17) is 25.8 Å². The third kappa shape index (κ3) is 3.33. The molecule has 8 heteroatoms. The zero-order valence-electron chi connectivity index (χ0n) is 17.9. The van der Waals surface area contributed by atoms with E-state index >= 15 is 0 Å². The number of ether oxygens (including phenoxy) is 3. The summed E-state index contributed by atoms with van der Waals surface area (Å²) in [7, 11) is 2.85. The summed E-state index contributed by atoms with van der Waals surface area (Å²) in [6, 6.07) is 10.4. The van der Waals surface area contributed by atoms with Crippen molar-refractivity contribution in [1.82, 2.24) is 5.32 Å². The Kier molecular flexibility index (Phi) is 5.69. The van der Waals surface area contributed by atoms with Crippen LogP contribution in [0.25, 0.3) is 0 Å². The molecule has 1 aliphatic heterocycles. The second-order valence-electron chi connectivity index (χ2n) is 7.75. The minimum atomic E-state index is -1.74. The SMILES string of the molecule is COc1cc(OC)c2c(c1Cl)O[C@@]1(C(=O)C=C(NCC(=O)c3ccccc3)C[C@H]1C)C2=O. The van der Waals surface area contributed by atoms with Crippen molar-refractivity contribution in [2.75, 3.05) is 20.8 Å². The first kappa shape index (κ1) is 21.9. The Labute approximate surface area is 190 Å². The van der Waals surface area contributed by atoms with E-state index in [-0.39, 0.29) is 40.2 Å². The predicted octanol–water partition coefficient (Wildman–Crippen LogP) is 3.64. The molecule has 32 heavy (non-hydrogen) atoms. The summed E-state index contributed by atoms with van der Waals surface area (Å²) in [6.07, 6.45) is 1.67. The van der Waals surface area contributed by atoms with Crippen LogP contribution in [0.3, 0.4) is 0 Å². The van der Waals surface area contributed by atoms with Crippen LogP contribution >= 0.6 is 11.6 Å². The van der Waals surface area contributed by atoms with E-state index in [1.165, 1.54) is 26.4 Å². The maximum atomic E-state index is 13.5. The number of nitrogens with one attached hydrogen (secondary N) is 1. The van der Waals surface area contributed by atoms with Crippen LogP contribution in [-0.2, 0) is 4.79 Å². The number of hydrogen-bond acceptors (Lipinski definition) is 7. The van der Waals surface area contributed by atoms with Gasteiger partial charge in [-0.2, -0.15) is 0 Å². The molecule has 1 N–H and O–H groups in total. The number of rotatable bonds is 6. The molecule has 1 aliphatic carbocycles. The number of halogens is 1. The lowest BCUT2D eigenvalue weighted by molar-refractivity contribution is -0.129. The van der Waals surface area contributed by atoms with E-state index in [2.05, 4.69) is 5.32 Å². The minimum absolute atomic E-state index is 0.0364. The third-order valence-corrected chi connectivity index (χ3v) is 6.24. The van der Waals surface area contributed by atoms with Crippen LogP contribution in [0.4, 0.5) is 0 Å². The average Bonchev–Trinajstić information content (AvgIpc) is 3.12. The zero-order chi connectivity index (χ0) is 23.0. The largest absolute Gasteiger partial charge is 0.496 e. The van der Waals surface area contributed by atoms with Crippen molar-refractivity contribution >= 4 is 29.0 Å². The minimum Gasteiger partial charge on any atom is -0.496 e. The Morgan fingerprint density at radius 2 is 1.88 bits per heavy atom. The van der Waals surface area contributed by atoms with Crippen LogP contribution in [0.1, 0.15) is 34.1 Å². The lowest BCUT2D eigenvalue weighted by Crippen LogP contribution is -2.55. The molecule has 1 heterocycles. The van der Waals surface area contributed by atoms with Gasteiger partial charge >= 0.3 is 0 Å². The molecule has 0 aromatic heterocycles. The van der Waals surface area contributed by atoms with Gasteiger partial charge in [0.25, 0.3) is 0 Å². The van der Waals surface area contributed by atoms with Gasteiger partial charge in [0.2, 0.25) is 17.2 Å². The van der Waals surface area contributed by atoms with Gasteiger partial charge in [-0.15, -0.1) is 0 Å². The number of benzene rings is 2. The molecule has 0 radical (unpaired) electrons. The topological polar surface area (TPSA) is 90.9 Å². The molecule has 0 unspecified atom stereocenters. The van der Waals surface area contributed by atoms with Crippen molar-refractivity contribution in [3.05, 3.63) is 64.3 Å². The van der Waals surface area contributed by atoms with Crippen molar-refractivity contribution in [2.45, 2.75) is 18.9 Å². The maximum Gasteiger partial charge on any atom is 0.236 e. The molecular weight excluding hydrogens is 434 g/mol. The third-order valence-electron chi connectivity index (χ3n) is 5.88. The Morgan fingerprint density at radius 1 is 1.19 bits per heavy atom. The zero-order valence-corrected chi connectivity index (χ0v) is 18.6. The fraction of sp³-hybridized carbons (Fsp3) is 0.292. The second-order valence-corrected chi connectivity index (χ2v) is 8.13. The molecular formula is C24H22ClNO6. The first-order chi connectivity index (χ1) is 15.3. The van der Waals surface area contributed by atoms with Crippen LogP contribution < -0.4 is 19.5 Å². The van der Waals surface area contributed by atoms with Gasteiger partial charge in [0.1, 0.15) is 22.1 Å². The highest BCUT2D eigenvalue weighted by Gasteiger charge is 2.60. The van der Waals surface area contributed by atoms with E-state index in [0.29, 0.717) is 17.7 Å². The quantitative estimate of drug-likeness (QED) is 0.525. The molecule has 0 saturated heterocycles. The number of carbonyl (C=O) groups is 3. The summed E-state index contributed by atoms with van der Waals surface area (Å²) >= 11 is 6.38. The summed E-state index contributed by atoms with van der Waals surface area (Å²) in [5.41, 5.74) is -0.462. The monoisotopic (exact) mass is 455 g/mol. The van der Waals surface area contributed by atoms with Crippen molar-refractivity contribution in [1.29, 1.82) is 0 Å². The number of fused-ring (bicyclic) bond motifs is 1. The molecule has 0 bridgehead atoms. The second kappa shape index (κ2) is 8.31. The van der Waals surface area contributed by atoms with Gasteiger partial charge in [0.05, 0.1) is 20.8 Å². The number of Topliss-reactive ketones (excluding diaryl/α,β-unsaturated/α-hetero) is 2. The molecule has 0 fully saturated rings. The normalized spacial score (nSPS) is 21.6. The summed E-state index contributed by atoms with van der Waals surface area (Å²) in [5.74, 6) is -1.04.